The normalized spacial score (nSPS) is 34.0. The lowest BCUT2D eigenvalue weighted by Gasteiger charge is -2.39. The van der Waals surface area contributed by atoms with Gasteiger partial charge in [0.25, 0.3) is 0 Å². The van der Waals surface area contributed by atoms with E-state index in [0.717, 1.165) is 12.8 Å². The molecule has 0 spiro atoms. The molecule has 0 N–H and O–H groups in total. The van der Waals surface area contributed by atoms with Gasteiger partial charge in [-0.05, 0) is 36.5 Å². The third kappa shape index (κ3) is 3.15. The molecule has 0 saturated heterocycles. The fraction of sp³-hybridized carbons (Fsp3) is 0.905. The molecule has 138 valence electrons. The first-order valence-corrected chi connectivity index (χ1v) is 9.54. The molecule has 24 heavy (non-hydrogen) atoms. The van der Waals surface area contributed by atoms with Gasteiger partial charge >= 0.3 is 5.97 Å². The summed E-state index contributed by atoms with van der Waals surface area (Å²) < 4.78 is 5.98. The number of fused-ring (bicyclic) bond motifs is 2. The second-order valence-electron chi connectivity index (χ2n) is 10.2. The second kappa shape index (κ2) is 6.14. The van der Waals surface area contributed by atoms with Crippen LogP contribution in [-0.4, -0.2) is 17.9 Å². The topological polar surface area (TPSA) is 43.4 Å². The standard InChI is InChI=1S/C21H36O3/c1-13(11-16(22)19(3,4)5)14(2)18(23)24-17-12-15-9-10-21(17,8)20(15,6)7/h13-15,17H,9-12H2,1-8H3/t13-,14-,15-,17?,21+/m1/s1. The minimum Gasteiger partial charge on any atom is -0.462 e. The molecular formula is C21H36O3. The molecular weight excluding hydrogens is 300 g/mol. The largest absolute Gasteiger partial charge is 0.462 e. The van der Waals surface area contributed by atoms with Crippen molar-refractivity contribution in [2.24, 2.45) is 34.0 Å². The molecule has 3 nitrogen and oxygen atoms in total. The Hall–Kier alpha value is -0.860. The molecule has 2 aliphatic rings. The second-order valence-corrected chi connectivity index (χ2v) is 10.2. The maximum Gasteiger partial charge on any atom is 0.309 e. The zero-order valence-electron chi connectivity index (χ0n) is 16.9. The number of Topliss-reactive ketones (excluding diaryl/α,β-unsaturated/α-hetero) is 1. The molecule has 0 aliphatic heterocycles. The Labute approximate surface area is 147 Å². The predicted octanol–water partition coefficient (Wildman–Crippen LogP) is 5.02. The van der Waals surface area contributed by atoms with Gasteiger partial charge in [0, 0.05) is 17.3 Å². The summed E-state index contributed by atoms with van der Waals surface area (Å²) in [6.07, 6.45) is 3.87. The summed E-state index contributed by atoms with van der Waals surface area (Å²) in [5.74, 6) is 0.530. The number of rotatable bonds is 5. The van der Waals surface area contributed by atoms with Crippen molar-refractivity contribution in [2.45, 2.75) is 87.2 Å². The van der Waals surface area contributed by atoms with E-state index in [0.29, 0.717) is 12.3 Å². The van der Waals surface area contributed by atoms with Gasteiger partial charge in [0.05, 0.1) is 5.92 Å². The minimum absolute atomic E-state index is 0.0173. The van der Waals surface area contributed by atoms with E-state index in [-0.39, 0.29) is 45.9 Å². The Kier molecular flexibility index (Phi) is 4.98. The van der Waals surface area contributed by atoms with Crippen LogP contribution < -0.4 is 0 Å². The maximum atomic E-state index is 12.7. The van der Waals surface area contributed by atoms with Crippen molar-refractivity contribution in [1.82, 2.24) is 0 Å². The summed E-state index contributed by atoms with van der Waals surface area (Å²) >= 11 is 0. The molecule has 0 amide bonds. The highest BCUT2D eigenvalue weighted by Gasteiger charge is 2.63. The molecule has 0 aromatic carbocycles. The van der Waals surface area contributed by atoms with Gasteiger partial charge in [0.15, 0.2) is 0 Å². The molecule has 3 heteroatoms. The van der Waals surface area contributed by atoms with Crippen LogP contribution in [0.25, 0.3) is 0 Å². The van der Waals surface area contributed by atoms with Crippen molar-refractivity contribution in [3.8, 4) is 0 Å². The van der Waals surface area contributed by atoms with Crippen molar-refractivity contribution >= 4 is 11.8 Å². The van der Waals surface area contributed by atoms with Gasteiger partial charge < -0.3 is 4.74 Å². The average Bonchev–Trinajstić information content (AvgIpc) is 2.78. The third-order valence-corrected chi connectivity index (χ3v) is 7.54. The Bertz CT molecular complexity index is 514. The number of hydrogen-bond acceptors (Lipinski definition) is 3. The van der Waals surface area contributed by atoms with Crippen LogP contribution in [0.5, 0.6) is 0 Å². The van der Waals surface area contributed by atoms with E-state index in [2.05, 4.69) is 20.8 Å². The summed E-state index contributed by atoms with van der Waals surface area (Å²) in [4.78, 5) is 24.9. The van der Waals surface area contributed by atoms with Crippen LogP contribution in [0.4, 0.5) is 0 Å². The Morgan fingerprint density at radius 3 is 2.17 bits per heavy atom. The number of ketones is 1. The fourth-order valence-corrected chi connectivity index (χ4v) is 4.56. The lowest BCUT2D eigenvalue weighted by atomic mass is 9.70. The molecule has 0 aromatic heterocycles. The molecule has 0 heterocycles. The van der Waals surface area contributed by atoms with Crippen molar-refractivity contribution in [3.63, 3.8) is 0 Å². The van der Waals surface area contributed by atoms with Crippen LogP contribution in [-0.2, 0) is 14.3 Å². The highest BCUT2D eigenvalue weighted by molar-refractivity contribution is 5.84. The maximum absolute atomic E-state index is 12.7. The van der Waals surface area contributed by atoms with Gasteiger partial charge in [-0.2, -0.15) is 0 Å². The van der Waals surface area contributed by atoms with Crippen molar-refractivity contribution in [1.29, 1.82) is 0 Å². The summed E-state index contributed by atoms with van der Waals surface area (Å²) in [5.41, 5.74) is -0.00744. The lowest BCUT2D eigenvalue weighted by molar-refractivity contribution is -0.163. The molecule has 2 aliphatic carbocycles. The van der Waals surface area contributed by atoms with Crippen molar-refractivity contribution in [2.75, 3.05) is 0 Å². The number of carbonyl (C=O) groups is 2. The SMILES string of the molecule is C[C@H](CC(=O)C(C)(C)C)[C@@H](C)C(=O)OC1C[C@H]2CC[C@]1(C)C2(C)C. The summed E-state index contributed by atoms with van der Waals surface area (Å²) in [5, 5.41) is 0. The molecule has 1 unspecified atom stereocenters. The van der Waals surface area contributed by atoms with Crippen LogP contribution in [0.3, 0.4) is 0 Å². The average molecular weight is 337 g/mol. The first kappa shape index (κ1) is 19.5. The van der Waals surface area contributed by atoms with Gasteiger partial charge in [-0.15, -0.1) is 0 Å². The van der Waals surface area contributed by atoms with E-state index in [9.17, 15) is 9.59 Å². The van der Waals surface area contributed by atoms with Crippen LogP contribution >= 0.6 is 0 Å². The summed E-state index contributed by atoms with van der Waals surface area (Å²) in [6.45, 7) is 16.6. The summed E-state index contributed by atoms with van der Waals surface area (Å²) in [6, 6.07) is 0. The van der Waals surface area contributed by atoms with Gasteiger partial charge in [-0.3, -0.25) is 9.59 Å². The van der Waals surface area contributed by atoms with Gasteiger partial charge in [0.2, 0.25) is 0 Å². The first-order valence-electron chi connectivity index (χ1n) is 9.54. The Morgan fingerprint density at radius 1 is 1.17 bits per heavy atom. The number of ether oxygens (including phenoxy) is 1. The van der Waals surface area contributed by atoms with E-state index >= 15 is 0 Å². The zero-order valence-corrected chi connectivity index (χ0v) is 16.9. The quantitative estimate of drug-likeness (QED) is 0.662. The van der Waals surface area contributed by atoms with Crippen molar-refractivity contribution in [3.05, 3.63) is 0 Å². The van der Waals surface area contributed by atoms with Crippen molar-refractivity contribution < 1.29 is 14.3 Å². The predicted molar refractivity (Wildman–Crippen MR) is 96.5 cm³/mol. The molecule has 2 rings (SSSR count). The molecule has 5 atom stereocenters. The van der Waals surface area contributed by atoms with Crippen LogP contribution in [0.1, 0.15) is 81.1 Å². The highest BCUT2D eigenvalue weighted by atomic mass is 16.5. The number of hydrogen-bond donors (Lipinski definition) is 0. The number of esters is 1. The van der Waals surface area contributed by atoms with Crippen LogP contribution in [0, 0.1) is 34.0 Å². The van der Waals surface area contributed by atoms with Gasteiger partial charge in [-0.25, -0.2) is 0 Å². The molecule has 2 bridgehead atoms. The summed E-state index contributed by atoms with van der Waals surface area (Å²) in [7, 11) is 0. The van der Waals surface area contributed by atoms with Crippen LogP contribution in [0.2, 0.25) is 0 Å². The van der Waals surface area contributed by atoms with E-state index in [4.69, 9.17) is 4.74 Å². The molecule has 2 saturated carbocycles. The van der Waals surface area contributed by atoms with E-state index < -0.39 is 0 Å². The van der Waals surface area contributed by atoms with E-state index in [1.54, 1.807) is 0 Å². The monoisotopic (exact) mass is 336 g/mol. The zero-order chi connectivity index (χ0) is 18.5. The first-order chi connectivity index (χ1) is 10.8. The molecule has 2 fully saturated rings. The highest BCUT2D eigenvalue weighted by Crippen LogP contribution is 2.66. The van der Waals surface area contributed by atoms with E-state index in [1.807, 2.05) is 34.6 Å². The van der Waals surface area contributed by atoms with E-state index in [1.165, 1.54) is 6.42 Å². The van der Waals surface area contributed by atoms with Gasteiger partial charge in [0.1, 0.15) is 11.9 Å². The lowest BCUT2D eigenvalue weighted by Crippen LogP contribution is -2.40. The van der Waals surface area contributed by atoms with Gasteiger partial charge in [-0.1, -0.05) is 55.4 Å². The third-order valence-electron chi connectivity index (χ3n) is 7.54. The smallest absolute Gasteiger partial charge is 0.309 e. The number of carbonyl (C=O) groups excluding carboxylic acids is 2. The van der Waals surface area contributed by atoms with Crippen LogP contribution in [0.15, 0.2) is 0 Å². The molecule has 0 radical (unpaired) electrons. The molecule has 0 aromatic rings. The Morgan fingerprint density at radius 2 is 1.75 bits per heavy atom. The minimum atomic E-state index is -0.347. The fourth-order valence-electron chi connectivity index (χ4n) is 4.56. The Balaban J connectivity index is 1.97.